The highest BCUT2D eigenvalue weighted by Crippen LogP contribution is 2.31. The van der Waals surface area contributed by atoms with E-state index in [0.717, 1.165) is 55.4 Å². The molecule has 0 unspecified atom stereocenters. The van der Waals surface area contributed by atoms with Crippen molar-refractivity contribution in [2.45, 2.75) is 27.3 Å². The predicted octanol–water partition coefficient (Wildman–Crippen LogP) is 3.08. The van der Waals surface area contributed by atoms with Crippen LogP contribution in [-0.2, 0) is 6.54 Å². The number of benzene rings is 1. The van der Waals surface area contributed by atoms with Gasteiger partial charge in [0, 0.05) is 25.2 Å². The minimum atomic E-state index is 0.507. The van der Waals surface area contributed by atoms with Crippen molar-refractivity contribution in [1.29, 1.82) is 0 Å². The Labute approximate surface area is 135 Å². The van der Waals surface area contributed by atoms with Crippen LogP contribution in [-0.4, -0.2) is 44.8 Å². The molecule has 0 heterocycles. The third-order valence-electron chi connectivity index (χ3n) is 3.56. The highest BCUT2D eigenvalue weighted by molar-refractivity contribution is 5.46. The molecule has 1 rings (SSSR count). The molecule has 4 heteroatoms. The molecule has 1 aromatic rings. The number of methoxy groups -OCH3 is 1. The van der Waals surface area contributed by atoms with Crippen LogP contribution in [0.4, 0.5) is 0 Å². The van der Waals surface area contributed by atoms with Crippen molar-refractivity contribution in [1.82, 2.24) is 10.2 Å². The third-order valence-corrected chi connectivity index (χ3v) is 3.56. The lowest BCUT2D eigenvalue weighted by atomic mass is 10.2. The predicted molar refractivity (Wildman–Crippen MR) is 92.8 cm³/mol. The summed E-state index contributed by atoms with van der Waals surface area (Å²) in [4.78, 5) is 2.40. The Hall–Kier alpha value is -1.52. The number of ether oxygens (including phenoxy) is 2. The highest BCUT2D eigenvalue weighted by atomic mass is 16.5. The van der Waals surface area contributed by atoms with E-state index < -0.39 is 0 Å². The minimum Gasteiger partial charge on any atom is -0.493 e. The summed E-state index contributed by atoms with van der Waals surface area (Å²) < 4.78 is 11.3. The zero-order valence-electron chi connectivity index (χ0n) is 14.4. The zero-order valence-corrected chi connectivity index (χ0v) is 14.4. The second kappa shape index (κ2) is 10.2. The summed E-state index contributed by atoms with van der Waals surface area (Å²) in [5.74, 6) is 1.58. The smallest absolute Gasteiger partial charge is 0.166 e. The van der Waals surface area contributed by atoms with E-state index in [1.165, 1.54) is 0 Å². The Kier molecular flexibility index (Phi) is 8.63. The monoisotopic (exact) mass is 306 g/mol. The summed E-state index contributed by atoms with van der Waals surface area (Å²) in [6.45, 7) is 15.7. The van der Waals surface area contributed by atoms with Crippen LogP contribution < -0.4 is 14.8 Å². The van der Waals surface area contributed by atoms with Gasteiger partial charge in [0.1, 0.15) is 6.61 Å². The average molecular weight is 306 g/mol. The molecule has 0 spiro atoms. The molecule has 0 bridgehead atoms. The molecule has 0 aliphatic rings. The molecule has 4 nitrogen and oxygen atoms in total. The summed E-state index contributed by atoms with van der Waals surface area (Å²) in [5.41, 5.74) is 2.10. The summed E-state index contributed by atoms with van der Waals surface area (Å²) >= 11 is 0. The van der Waals surface area contributed by atoms with Gasteiger partial charge in [0.15, 0.2) is 11.5 Å². The first-order chi connectivity index (χ1) is 10.6. The fraction of sp³-hybridized carbons (Fsp3) is 0.556. The van der Waals surface area contributed by atoms with Crippen molar-refractivity contribution < 1.29 is 9.47 Å². The highest BCUT2D eigenvalue weighted by Gasteiger charge is 2.10. The first-order valence-electron chi connectivity index (χ1n) is 7.98. The Bertz CT molecular complexity index is 456. The molecule has 0 amide bonds. The summed E-state index contributed by atoms with van der Waals surface area (Å²) in [5, 5.41) is 3.48. The van der Waals surface area contributed by atoms with Crippen LogP contribution in [0.1, 0.15) is 26.3 Å². The fourth-order valence-corrected chi connectivity index (χ4v) is 2.22. The zero-order chi connectivity index (χ0) is 16.4. The number of hydrogen-bond acceptors (Lipinski definition) is 4. The number of rotatable bonds is 11. The fourth-order valence-electron chi connectivity index (χ4n) is 2.22. The van der Waals surface area contributed by atoms with E-state index in [-0.39, 0.29) is 0 Å². The molecule has 124 valence electrons. The van der Waals surface area contributed by atoms with Gasteiger partial charge in [-0.05, 0) is 31.7 Å². The van der Waals surface area contributed by atoms with E-state index >= 15 is 0 Å². The maximum atomic E-state index is 5.87. The molecule has 1 N–H and O–H groups in total. The molecule has 0 fully saturated rings. The normalized spacial score (nSPS) is 10.8. The topological polar surface area (TPSA) is 33.7 Å². The maximum absolute atomic E-state index is 5.87. The first-order valence-corrected chi connectivity index (χ1v) is 7.98. The molecule has 0 aromatic heterocycles. The van der Waals surface area contributed by atoms with Crippen LogP contribution in [0.2, 0.25) is 0 Å². The number of hydrogen-bond donors (Lipinski definition) is 1. The van der Waals surface area contributed by atoms with Gasteiger partial charge in [-0.1, -0.05) is 32.6 Å². The molecule has 0 aliphatic carbocycles. The van der Waals surface area contributed by atoms with E-state index in [0.29, 0.717) is 6.61 Å². The molecule has 1 aromatic carbocycles. The quantitative estimate of drug-likeness (QED) is 0.503. The number of nitrogens with zero attached hydrogens (tertiary/aromatic N) is 1. The van der Waals surface area contributed by atoms with Crippen molar-refractivity contribution >= 4 is 0 Å². The minimum absolute atomic E-state index is 0.507. The van der Waals surface area contributed by atoms with E-state index in [9.17, 15) is 0 Å². The summed E-state index contributed by atoms with van der Waals surface area (Å²) in [6.07, 6.45) is 0. The molecule has 0 radical (unpaired) electrons. The molecular weight excluding hydrogens is 276 g/mol. The van der Waals surface area contributed by atoms with Crippen LogP contribution in [0.3, 0.4) is 0 Å². The SMILES string of the molecule is C=C(C)COc1c(CNCCN(CC)CC)cccc1OC. The standard InChI is InChI=1S/C18H30N2O2/c1-6-20(7-2)12-11-19-13-16-9-8-10-17(21-5)18(16)22-14-15(3)4/h8-10,19H,3,6-7,11-14H2,1-2,4-5H3. The largest absolute Gasteiger partial charge is 0.493 e. The Morgan fingerprint density at radius 3 is 2.59 bits per heavy atom. The van der Waals surface area contributed by atoms with Gasteiger partial charge in [-0.25, -0.2) is 0 Å². The summed E-state index contributed by atoms with van der Waals surface area (Å²) in [7, 11) is 1.67. The third kappa shape index (κ3) is 6.08. The molecule has 0 atom stereocenters. The van der Waals surface area contributed by atoms with Crippen LogP contribution in [0.25, 0.3) is 0 Å². The Balaban J connectivity index is 2.62. The molecular formula is C18H30N2O2. The van der Waals surface area contributed by atoms with E-state index in [1.54, 1.807) is 7.11 Å². The van der Waals surface area contributed by atoms with E-state index in [4.69, 9.17) is 9.47 Å². The van der Waals surface area contributed by atoms with Crippen molar-refractivity contribution in [3.63, 3.8) is 0 Å². The van der Waals surface area contributed by atoms with Gasteiger partial charge < -0.3 is 19.7 Å². The summed E-state index contributed by atoms with van der Waals surface area (Å²) in [6, 6.07) is 5.99. The van der Waals surface area contributed by atoms with Crippen molar-refractivity contribution in [2.75, 3.05) is 39.9 Å². The van der Waals surface area contributed by atoms with Crippen LogP contribution in [0, 0.1) is 0 Å². The lowest BCUT2D eigenvalue weighted by molar-refractivity contribution is 0.299. The van der Waals surface area contributed by atoms with Gasteiger partial charge in [0.05, 0.1) is 7.11 Å². The lowest BCUT2D eigenvalue weighted by Gasteiger charge is -2.19. The van der Waals surface area contributed by atoms with Gasteiger partial charge in [-0.15, -0.1) is 0 Å². The number of nitrogens with one attached hydrogen (secondary N) is 1. The van der Waals surface area contributed by atoms with Crippen LogP contribution in [0.15, 0.2) is 30.4 Å². The van der Waals surface area contributed by atoms with Crippen molar-refractivity contribution in [3.8, 4) is 11.5 Å². The first kappa shape index (κ1) is 18.5. The Morgan fingerprint density at radius 1 is 1.27 bits per heavy atom. The number of likely N-dealkylation sites (N-methyl/N-ethyl adjacent to an activating group) is 1. The van der Waals surface area contributed by atoms with Gasteiger partial charge in [-0.3, -0.25) is 0 Å². The molecule has 22 heavy (non-hydrogen) atoms. The van der Waals surface area contributed by atoms with Gasteiger partial charge in [0.2, 0.25) is 0 Å². The van der Waals surface area contributed by atoms with Gasteiger partial charge in [-0.2, -0.15) is 0 Å². The van der Waals surface area contributed by atoms with E-state index in [1.807, 2.05) is 19.1 Å². The van der Waals surface area contributed by atoms with Crippen molar-refractivity contribution in [3.05, 3.63) is 35.9 Å². The average Bonchev–Trinajstić information content (AvgIpc) is 2.53. The van der Waals surface area contributed by atoms with Crippen molar-refractivity contribution in [2.24, 2.45) is 0 Å². The van der Waals surface area contributed by atoms with Crippen LogP contribution in [0.5, 0.6) is 11.5 Å². The molecule has 0 saturated carbocycles. The maximum Gasteiger partial charge on any atom is 0.166 e. The lowest BCUT2D eigenvalue weighted by Crippen LogP contribution is -2.31. The second-order valence-electron chi connectivity index (χ2n) is 5.40. The van der Waals surface area contributed by atoms with Gasteiger partial charge >= 0.3 is 0 Å². The van der Waals surface area contributed by atoms with Gasteiger partial charge in [0.25, 0.3) is 0 Å². The molecule has 0 saturated heterocycles. The molecule has 0 aliphatic heterocycles. The second-order valence-corrected chi connectivity index (χ2v) is 5.40. The number of para-hydroxylation sites is 1. The van der Waals surface area contributed by atoms with E-state index in [2.05, 4.69) is 36.7 Å². The van der Waals surface area contributed by atoms with Crippen LogP contribution >= 0.6 is 0 Å². The Morgan fingerprint density at radius 2 is 2.00 bits per heavy atom.